The van der Waals surface area contributed by atoms with Gasteiger partial charge in [0.1, 0.15) is 0 Å². The Morgan fingerprint density at radius 1 is 1.04 bits per heavy atom. The molecule has 0 spiro atoms. The SMILES string of the molecule is C[C@H]1C=C2C[C@@H](O)CC[C@]2(C)[C@H]2CC[C@]3(C)C(c4ccncc4)=CC[C@H]3[C@H]12. The van der Waals surface area contributed by atoms with E-state index in [0.717, 1.165) is 30.6 Å². The van der Waals surface area contributed by atoms with Crippen LogP contribution in [0.25, 0.3) is 5.57 Å². The van der Waals surface area contributed by atoms with E-state index < -0.39 is 0 Å². The molecular formula is C25H33NO. The number of aliphatic hydroxyl groups excluding tert-OH is 1. The zero-order chi connectivity index (χ0) is 18.8. The van der Waals surface area contributed by atoms with Crippen LogP contribution in [0.3, 0.4) is 0 Å². The van der Waals surface area contributed by atoms with Gasteiger partial charge in [-0.05, 0) is 96.3 Å². The molecule has 2 nitrogen and oxygen atoms in total. The van der Waals surface area contributed by atoms with Gasteiger partial charge in [-0.3, -0.25) is 4.98 Å². The van der Waals surface area contributed by atoms with Crippen LogP contribution in [-0.2, 0) is 0 Å². The predicted molar refractivity (Wildman–Crippen MR) is 110 cm³/mol. The second kappa shape index (κ2) is 6.04. The summed E-state index contributed by atoms with van der Waals surface area (Å²) in [4.78, 5) is 4.23. The van der Waals surface area contributed by atoms with Gasteiger partial charge in [-0.2, -0.15) is 0 Å². The van der Waals surface area contributed by atoms with E-state index in [9.17, 15) is 5.11 Å². The van der Waals surface area contributed by atoms with Gasteiger partial charge in [0.05, 0.1) is 6.10 Å². The number of allylic oxidation sites excluding steroid dienone is 3. The number of pyridine rings is 1. The average Bonchev–Trinajstić information content (AvgIpc) is 3.01. The minimum Gasteiger partial charge on any atom is -0.393 e. The molecule has 1 heterocycles. The molecule has 4 aliphatic carbocycles. The van der Waals surface area contributed by atoms with Crippen molar-refractivity contribution in [3.05, 3.63) is 47.8 Å². The molecule has 7 atom stereocenters. The first kappa shape index (κ1) is 17.7. The molecule has 1 N–H and O–H groups in total. The summed E-state index contributed by atoms with van der Waals surface area (Å²) in [5.41, 5.74) is 5.13. The summed E-state index contributed by atoms with van der Waals surface area (Å²) in [6, 6.07) is 4.38. The molecular weight excluding hydrogens is 330 g/mol. The number of nitrogens with zero attached hydrogens (tertiary/aromatic N) is 1. The molecule has 0 amide bonds. The molecule has 1 aromatic heterocycles. The normalized spacial score (nSPS) is 46.0. The van der Waals surface area contributed by atoms with Crippen molar-refractivity contribution in [1.82, 2.24) is 4.98 Å². The molecule has 0 aliphatic heterocycles. The van der Waals surface area contributed by atoms with Gasteiger partial charge < -0.3 is 5.11 Å². The molecule has 2 fully saturated rings. The Morgan fingerprint density at radius 2 is 1.78 bits per heavy atom. The molecule has 144 valence electrons. The summed E-state index contributed by atoms with van der Waals surface area (Å²) >= 11 is 0. The molecule has 2 heteroatoms. The van der Waals surface area contributed by atoms with E-state index in [2.05, 4.69) is 50.0 Å². The van der Waals surface area contributed by atoms with Crippen molar-refractivity contribution < 1.29 is 5.11 Å². The van der Waals surface area contributed by atoms with Crippen LogP contribution in [0.15, 0.2) is 42.3 Å². The molecule has 2 saturated carbocycles. The van der Waals surface area contributed by atoms with E-state index in [-0.39, 0.29) is 6.10 Å². The fourth-order valence-electron chi connectivity index (χ4n) is 7.55. The Bertz CT molecular complexity index is 796. The van der Waals surface area contributed by atoms with Crippen LogP contribution < -0.4 is 0 Å². The van der Waals surface area contributed by atoms with Crippen LogP contribution >= 0.6 is 0 Å². The maximum absolute atomic E-state index is 10.2. The van der Waals surface area contributed by atoms with Crippen molar-refractivity contribution in [1.29, 1.82) is 0 Å². The molecule has 27 heavy (non-hydrogen) atoms. The smallest absolute Gasteiger partial charge is 0.0577 e. The number of aliphatic hydroxyl groups is 1. The third-order valence-electron chi connectivity index (χ3n) is 8.98. The van der Waals surface area contributed by atoms with Crippen molar-refractivity contribution in [2.24, 2.45) is 34.5 Å². The van der Waals surface area contributed by atoms with Gasteiger partial charge in [-0.15, -0.1) is 0 Å². The first-order chi connectivity index (χ1) is 12.9. The zero-order valence-corrected chi connectivity index (χ0v) is 17.0. The molecule has 5 rings (SSSR count). The number of rotatable bonds is 1. The van der Waals surface area contributed by atoms with Crippen LogP contribution in [0.2, 0.25) is 0 Å². The zero-order valence-electron chi connectivity index (χ0n) is 17.0. The highest BCUT2D eigenvalue weighted by Crippen LogP contribution is 2.67. The molecule has 0 radical (unpaired) electrons. The Kier molecular flexibility index (Phi) is 3.95. The van der Waals surface area contributed by atoms with Crippen LogP contribution in [0, 0.1) is 34.5 Å². The Balaban J connectivity index is 1.52. The Labute approximate surface area is 163 Å². The number of hydrogen-bond acceptors (Lipinski definition) is 2. The van der Waals surface area contributed by atoms with Gasteiger partial charge >= 0.3 is 0 Å². The van der Waals surface area contributed by atoms with Crippen LogP contribution in [0.1, 0.15) is 64.9 Å². The van der Waals surface area contributed by atoms with Gasteiger partial charge in [0.25, 0.3) is 0 Å². The Morgan fingerprint density at radius 3 is 2.56 bits per heavy atom. The third kappa shape index (κ3) is 2.45. The predicted octanol–water partition coefficient (Wildman–Crippen LogP) is 5.64. The van der Waals surface area contributed by atoms with Gasteiger partial charge in [-0.25, -0.2) is 0 Å². The second-order valence-corrected chi connectivity index (χ2v) is 10.2. The van der Waals surface area contributed by atoms with Crippen molar-refractivity contribution in [2.45, 2.75) is 65.4 Å². The van der Waals surface area contributed by atoms with E-state index in [0.29, 0.717) is 16.7 Å². The highest BCUT2D eigenvalue weighted by molar-refractivity contribution is 5.72. The lowest BCUT2D eigenvalue weighted by Crippen LogP contribution is -2.52. The van der Waals surface area contributed by atoms with Gasteiger partial charge in [0, 0.05) is 12.4 Å². The summed E-state index contributed by atoms with van der Waals surface area (Å²) in [6.07, 6.45) is 15.8. The largest absolute Gasteiger partial charge is 0.393 e. The van der Waals surface area contributed by atoms with E-state index in [4.69, 9.17) is 0 Å². The average molecular weight is 364 g/mol. The molecule has 0 unspecified atom stereocenters. The number of aromatic nitrogens is 1. The lowest BCUT2D eigenvalue weighted by atomic mass is 9.45. The number of fused-ring (bicyclic) bond motifs is 5. The summed E-state index contributed by atoms with van der Waals surface area (Å²) in [7, 11) is 0. The van der Waals surface area contributed by atoms with E-state index in [1.807, 2.05) is 12.4 Å². The lowest BCUT2D eigenvalue weighted by molar-refractivity contribution is -0.0425. The van der Waals surface area contributed by atoms with E-state index >= 15 is 0 Å². The molecule has 1 aromatic rings. The maximum Gasteiger partial charge on any atom is 0.0577 e. The van der Waals surface area contributed by atoms with Crippen molar-refractivity contribution >= 4 is 5.57 Å². The molecule has 0 aromatic carbocycles. The fourth-order valence-corrected chi connectivity index (χ4v) is 7.55. The summed E-state index contributed by atoms with van der Waals surface area (Å²) in [6.45, 7) is 7.50. The minimum atomic E-state index is -0.117. The number of hydrogen-bond donors (Lipinski definition) is 1. The maximum atomic E-state index is 10.2. The molecule has 0 bridgehead atoms. The van der Waals surface area contributed by atoms with Gasteiger partial charge in [-0.1, -0.05) is 38.5 Å². The van der Waals surface area contributed by atoms with Crippen molar-refractivity contribution in [3.8, 4) is 0 Å². The minimum absolute atomic E-state index is 0.117. The lowest BCUT2D eigenvalue weighted by Gasteiger charge is -2.59. The van der Waals surface area contributed by atoms with Crippen molar-refractivity contribution in [3.63, 3.8) is 0 Å². The second-order valence-electron chi connectivity index (χ2n) is 10.2. The Hall–Kier alpha value is -1.41. The molecule has 4 aliphatic rings. The topological polar surface area (TPSA) is 33.1 Å². The quantitative estimate of drug-likeness (QED) is 0.655. The monoisotopic (exact) mass is 363 g/mol. The highest BCUT2D eigenvalue weighted by atomic mass is 16.3. The summed E-state index contributed by atoms with van der Waals surface area (Å²) in [5.74, 6) is 2.92. The third-order valence-corrected chi connectivity index (χ3v) is 8.98. The molecule has 0 saturated heterocycles. The van der Waals surface area contributed by atoms with Gasteiger partial charge in [0.15, 0.2) is 0 Å². The summed E-state index contributed by atoms with van der Waals surface area (Å²) in [5, 5.41) is 10.2. The fraction of sp³-hybridized carbons (Fsp3) is 0.640. The first-order valence-electron chi connectivity index (χ1n) is 10.9. The van der Waals surface area contributed by atoms with Crippen LogP contribution in [0.5, 0.6) is 0 Å². The van der Waals surface area contributed by atoms with Crippen molar-refractivity contribution in [2.75, 3.05) is 0 Å². The van der Waals surface area contributed by atoms with E-state index in [1.54, 1.807) is 11.1 Å². The van der Waals surface area contributed by atoms with Crippen LogP contribution in [0.4, 0.5) is 0 Å². The standard InChI is InChI=1S/C25H33NO/c1-16-14-18-15-19(27)6-10-24(18,2)22-7-11-25(3)20(4-5-21(25)23(16)22)17-8-12-26-13-9-17/h4,8-9,12-14,16,19,21-23,27H,5-7,10-11,15H2,1-3H3/t16-,19-,21-,22-,23-,24-,25+/m0/s1. The van der Waals surface area contributed by atoms with Crippen LogP contribution in [-0.4, -0.2) is 16.2 Å². The summed E-state index contributed by atoms with van der Waals surface area (Å²) < 4.78 is 0. The van der Waals surface area contributed by atoms with E-state index in [1.165, 1.54) is 31.2 Å². The highest BCUT2D eigenvalue weighted by Gasteiger charge is 2.58. The first-order valence-corrected chi connectivity index (χ1v) is 10.9. The van der Waals surface area contributed by atoms with Gasteiger partial charge in [0.2, 0.25) is 0 Å².